The fourth-order valence-electron chi connectivity index (χ4n) is 1.36. The summed E-state index contributed by atoms with van der Waals surface area (Å²) >= 11 is 0. The summed E-state index contributed by atoms with van der Waals surface area (Å²) in [6, 6.07) is 5.59. The Morgan fingerprint density at radius 2 is 2.40 bits per heavy atom. The van der Waals surface area contributed by atoms with Gasteiger partial charge in [-0.1, -0.05) is 6.07 Å². The Bertz CT molecular complexity index is 504. The number of aliphatic carboxylic acids is 1. The molecule has 1 heterocycles. The standard InChI is InChI=1S/C10H10N2O3/c1-11-10-12-7-4-6(5-9(13)14)2-3-8(7)15-10/h2-4H,5H2,1H3,(H,11,12)(H,13,14). The van der Waals surface area contributed by atoms with Gasteiger partial charge in [-0.3, -0.25) is 4.79 Å². The molecule has 0 radical (unpaired) electrons. The number of oxazole rings is 1. The van der Waals surface area contributed by atoms with Crippen LogP contribution in [0.2, 0.25) is 0 Å². The molecule has 0 saturated heterocycles. The minimum absolute atomic E-state index is 0.00229. The lowest BCUT2D eigenvalue weighted by molar-refractivity contribution is -0.136. The van der Waals surface area contributed by atoms with Crippen molar-refractivity contribution >= 4 is 23.1 Å². The molecule has 0 saturated carbocycles. The molecule has 2 rings (SSSR count). The molecule has 1 aromatic carbocycles. The molecule has 0 aliphatic heterocycles. The second-order valence-electron chi connectivity index (χ2n) is 3.14. The van der Waals surface area contributed by atoms with Crippen LogP contribution < -0.4 is 5.32 Å². The van der Waals surface area contributed by atoms with Gasteiger partial charge in [-0.2, -0.15) is 4.98 Å². The van der Waals surface area contributed by atoms with Crippen molar-refractivity contribution in [2.75, 3.05) is 12.4 Å². The predicted octanol–water partition coefficient (Wildman–Crippen LogP) is 1.50. The lowest BCUT2D eigenvalue weighted by atomic mass is 10.1. The normalized spacial score (nSPS) is 10.5. The molecule has 2 aromatic rings. The summed E-state index contributed by atoms with van der Waals surface area (Å²) in [4.78, 5) is 14.6. The molecule has 0 aliphatic carbocycles. The first-order chi connectivity index (χ1) is 7.19. The van der Waals surface area contributed by atoms with Gasteiger partial charge in [0, 0.05) is 7.05 Å². The number of benzene rings is 1. The largest absolute Gasteiger partial charge is 0.481 e. The second-order valence-corrected chi connectivity index (χ2v) is 3.14. The molecule has 5 heteroatoms. The van der Waals surface area contributed by atoms with Crippen molar-refractivity contribution in [2.24, 2.45) is 0 Å². The van der Waals surface area contributed by atoms with E-state index in [0.29, 0.717) is 22.7 Å². The topological polar surface area (TPSA) is 75.4 Å². The van der Waals surface area contributed by atoms with Gasteiger partial charge in [0.15, 0.2) is 5.58 Å². The van der Waals surface area contributed by atoms with Crippen LogP contribution in [0.4, 0.5) is 6.01 Å². The van der Waals surface area contributed by atoms with Gasteiger partial charge in [0.25, 0.3) is 6.01 Å². The average molecular weight is 206 g/mol. The highest BCUT2D eigenvalue weighted by Crippen LogP contribution is 2.19. The van der Waals surface area contributed by atoms with E-state index in [2.05, 4.69) is 10.3 Å². The highest BCUT2D eigenvalue weighted by Gasteiger charge is 2.06. The summed E-state index contributed by atoms with van der Waals surface area (Å²) in [6.07, 6.45) is -0.00229. The number of carboxylic acid groups (broad SMARTS) is 1. The Labute approximate surface area is 85.7 Å². The highest BCUT2D eigenvalue weighted by atomic mass is 16.4. The van der Waals surface area contributed by atoms with E-state index in [9.17, 15) is 4.79 Å². The number of rotatable bonds is 3. The Kier molecular flexibility index (Phi) is 2.29. The van der Waals surface area contributed by atoms with E-state index in [1.54, 1.807) is 25.2 Å². The number of hydrogen-bond acceptors (Lipinski definition) is 4. The zero-order chi connectivity index (χ0) is 10.8. The highest BCUT2D eigenvalue weighted by molar-refractivity contribution is 5.77. The van der Waals surface area contributed by atoms with Crippen molar-refractivity contribution in [3.63, 3.8) is 0 Å². The predicted molar refractivity (Wildman–Crippen MR) is 54.9 cm³/mol. The molecule has 0 spiro atoms. The smallest absolute Gasteiger partial charge is 0.307 e. The maximum absolute atomic E-state index is 10.5. The van der Waals surface area contributed by atoms with Crippen LogP contribution in [0, 0.1) is 0 Å². The summed E-state index contributed by atoms with van der Waals surface area (Å²) < 4.78 is 5.31. The maximum Gasteiger partial charge on any atom is 0.307 e. The summed E-state index contributed by atoms with van der Waals surface area (Å²) in [5.41, 5.74) is 2.03. The van der Waals surface area contributed by atoms with Crippen LogP contribution in [0.1, 0.15) is 5.56 Å². The van der Waals surface area contributed by atoms with E-state index in [1.807, 2.05) is 0 Å². The van der Waals surface area contributed by atoms with Crippen molar-refractivity contribution < 1.29 is 14.3 Å². The first-order valence-electron chi connectivity index (χ1n) is 4.48. The summed E-state index contributed by atoms with van der Waals surface area (Å²) in [5, 5.41) is 11.4. The van der Waals surface area contributed by atoms with E-state index in [1.165, 1.54) is 0 Å². The average Bonchev–Trinajstić information content (AvgIpc) is 2.58. The molecule has 0 bridgehead atoms. The molecule has 1 aromatic heterocycles. The minimum Gasteiger partial charge on any atom is -0.481 e. The van der Waals surface area contributed by atoms with Crippen molar-refractivity contribution in [2.45, 2.75) is 6.42 Å². The van der Waals surface area contributed by atoms with Crippen molar-refractivity contribution in [1.82, 2.24) is 4.98 Å². The minimum atomic E-state index is -0.855. The first-order valence-corrected chi connectivity index (χ1v) is 4.48. The van der Waals surface area contributed by atoms with Crippen LogP contribution in [-0.2, 0) is 11.2 Å². The van der Waals surface area contributed by atoms with E-state index in [-0.39, 0.29) is 6.42 Å². The van der Waals surface area contributed by atoms with Gasteiger partial charge in [-0.15, -0.1) is 0 Å². The fourth-order valence-corrected chi connectivity index (χ4v) is 1.36. The monoisotopic (exact) mass is 206 g/mol. The number of carboxylic acids is 1. The Balaban J connectivity index is 2.41. The van der Waals surface area contributed by atoms with Gasteiger partial charge < -0.3 is 14.8 Å². The fraction of sp³-hybridized carbons (Fsp3) is 0.200. The van der Waals surface area contributed by atoms with E-state index >= 15 is 0 Å². The maximum atomic E-state index is 10.5. The molecule has 15 heavy (non-hydrogen) atoms. The molecular weight excluding hydrogens is 196 g/mol. The number of nitrogens with zero attached hydrogens (tertiary/aromatic N) is 1. The SMILES string of the molecule is CNc1nc2cc(CC(=O)O)ccc2o1. The molecule has 0 fully saturated rings. The molecule has 5 nitrogen and oxygen atoms in total. The van der Waals surface area contributed by atoms with Gasteiger partial charge in [0.1, 0.15) is 5.52 Å². The third-order valence-corrected chi connectivity index (χ3v) is 2.02. The van der Waals surface area contributed by atoms with Crippen LogP contribution in [0.25, 0.3) is 11.1 Å². The Morgan fingerprint density at radius 1 is 1.60 bits per heavy atom. The van der Waals surface area contributed by atoms with Gasteiger partial charge in [0.2, 0.25) is 0 Å². The van der Waals surface area contributed by atoms with Crippen LogP contribution in [0.15, 0.2) is 22.6 Å². The number of nitrogens with one attached hydrogen (secondary N) is 1. The van der Waals surface area contributed by atoms with Crippen molar-refractivity contribution in [3.8, 4) is 0 Å². The molecule has 78 valence electrons. The first kappa shape index (κ1) is 9.51. The molecule has 2 N–H and O–H groups in total. The van der Waals surface area contributed by atoms with Gasteiger partial charge >= 0.3 is 5.97 Å². The van der Waals surface area contributed by atoms with Crippen LogP contribution in [0.3, 0.4) is 0 Å². The van der Waals surface area contributed by atoms with Crippen molar-refractivity contribution in [3.05, 3.63) is 23.8 Å². The third-order valence-electron chi connectivity index (χ3n) is 2.02. The summed E-state index contributed by atoms with van der Waals surface area (Å²) in [5.74, 6) is -0.855. The zero-order valence-electron chi connectivity index (χ0n) is 8.15. The summed E-state index contributed by atoms with van der Waals surface area (Å²) in [6.45, 7) is 0. The van der Waals surface area contributed by atoms with E-state index in [0.717, 1.165) is 0 Å². The van der Waals surface area contributed by atoms with Crippen molar-refractivity contribution in [1.29, 1.82) is 0 Å². The second kappa shape index (κ2) is 3.61. The Morgan fingerprint density at radius 3 is 3.07 bits per heavy atom. The van der Waals surface area contributed by atoms with E-state index in [4.69, 9.17) is 9.52 Å². The van der Waals surface area contributed by atoms with E-state index < -0.39 is 5.97 Å². The number of anilines is 1. The van der Waals surface area contributed by atoms with Crippen LogP contribution in [-0.4, -0.2) is 23.1 Å². The number of hydrogen-bond donors (Lipinski definition) is 2. The zero-order valence-corrected chi connectivity index (χ0v) is 8.15. The van der Waals surface area contributed by atoms with Gasteiger partial charge in [0.05, 0.1) is 6.42 Å². The Hall–Kier alpha value is -2.04. The lowest BCUT2D eigenvalue weighted by Gasteiger charge is -1.94. The molecular formula is C10H10N2O3. The third kappa shape index (κ3) is 1.90. The lowest BCUT2D eigenvalue weighted by Crippen LogP contribution is -1.99. The number of aromatic nitrogens is 1. The van der Waals surface area contributed by atoms with Gasteiger partial charge in [-0.05, 0) is 17.7 Å². The van der Waals surface area contributed by atoms with Crippen LogP contribution >= 0.6 is 0 Å². The molecule has 0 atom stereocenters. The summed E-state index contributed by atoms with van der Waals surface area (Å²) in [7, 11) is 1.71. The molecule has 0 unspecified atom stereocenters. The molecule has 0 amide bonds. The van der Waals surface area contributed by atoms with Gasteiger partial charge in [-0.25, -0.2) is 0 Å². The number of carbonyl (C=O) groups is 1. The van der Waals surface area contributed by atoms with Crippen LogP contribution in [0.5, 0.6) is 0 Å². The number of fused-ring (bicyclic) bond motifs is 1. The quantitative estimate of drug-likeness (QED) is 0.795. The molecule has 0 aliphatic rings.